The summed E-state index contributed by atoms with van der Waals surface area (Å²) in [5, 5.41) is 10.7. The topological polar surface area (TPSA) is 181 Å². The quantitative estimate of drug-likeness (QED) is 0.117. The average Bonchev–Trinajstić information content (AvgIpc) is 3.74. The molecule has 3 N–H and O–H groups in total. The molecule has 0 bridgehead atoms. The molecule has 15 nitrogen and oxygen atoms in total. The molecule has 3 aliphatic rings. The molecule has 4 atom stereocenters. The fourth-order valence-corrected chi connectivity index (χ4v) is 11.7. The summed E-state index contributed by atoms with van der Waals surface area (Å²) in [6.07, 6.45) is 6.01. The van der Waals surface area contributed by atoms with Crippen molar-refractivity contribution in [2.75, 3.05) is 32.2 Å². The highest BCUT2D eigenvalue weighted by atomic mass is 31.2. The highest BCUT2D eigenvalue weighted by Gasteiger charge is 2.59. The summed E-state index contributed by atoms with van der Waals surface area (Å²) >= 11 is 0. The molecule has 1 saturated heterocycles. The van der Waals surface area contributed by atoms with Crippen LogP contribution in [0.25, 0.3) is 28.1 Å². The second-order valence-electron chi connectivity index (χ2n) is 19.3. The van der Waals surface area contributed by atoms with Crippen LogP contribution in [0, 0.1) is 25.6 Å². The summed E-state index contributed by atoms with van der Waals surface area (Å²) in [6, 6.07) is 16.2. The van der Waals surface area contributed by atoms with E-state index in [1.807, 2.05) is 22.5 Å². The van der Waals surface area contributed by atoms with Gasteiger partial charge in [-0.15, -0.1) is 0 Å². The van der Waals surface area contributed by atoms with Crippen molar-refractivity contribution in [1.82, 2.24) is 38.5 Å². The lowest BCUT2D eigenvalue weighted by Gasteiger charge is -2.35. The Morgan fingerprint density at radius 3 is 2.34 bits per heavy atom. The van der Waals surface area contributed by atoms with Crippen molar-refractivity contribution in [2.45, 2.75) is 90.3 Å². The fraction of sp³-hybridized carbons (Fsp3) is 0.396. The summed E-state index contributed by atoms with van der Waals surface area (Å²) in [5.41, 5.74) is 10.8. The van der Waals surface area contributed by atoms with Crippen LogP contribution in [0.1, 0.15) is 103 Å². The molecule has 1 aliphatic carbocycles. The minimum absolute atomic E-state index is 0.00938. The number of nitrogen functional groups attached to an aromatic ring is 1. The summed E-state index contributed by atoms with van der Waals surface area (Å²) in [7, 11) is -2.69. The van der Waals surface area contributed by atoms with E-state index in [2.05, 4.69) is 49.1 Å². The van der Waals surface area contributed by atoms with Crippen LogP contribution >= 0.6 is 7.14 Å². The number of amides is 1. The Labute approximate surface area is 374 Å². The number of aryl methyl sites for hydroxylation is 2. The summed E-state index contributed by atoms with van der Waals surface area (Å²) in [6.45, 7) is 15.9. The molecular weight excluding hydrogens is 849 g/mol. The number of hydrogen-bond donors (Lipinski definition) is 2. The highest BCUT2D eigenvalue weighted by Crippen LogP contribution is 2.56. The third-order valence-corrected chi connectivity index (χ3v) is 15.6. The van der Waals surface area contributed by atoms with Crippen LogP contribution in [0.5, 0.6) is 0 Å². The molecule has 65 heavy (non-hydrogen) atoms. The van der Waals surface area contributed by atoms with Crippen LogP contribution < -0.4 is 22.5 Å². The fourth-order valence-electron chi connectivity index (χ4n) is 10.6. The molecular formula is C48H53FN9O6P. The Balaban J connectivity index is 1.11. The minimum Gasteiger partial charge on any atom is -0.398 e. The second kappa shape index (κ2) is 14.9. The van der Waals surface area contributed by atoms with Gasteiger partial charge in [-0.3, -0.25) is 23.4 Å². The molecule has 6 heterocycles. The predicted molar refractivity (Wildman–Crippen MR) is 247 cm³/mol. The number of fused-ring (bicyclic) bond motifs is 2. The molecule has 2 aliphatic heterocycles. The number of rotatable bonds is 8. The van der Waals surface area contributed by atoms with E-state index in [0.29, 0.717) is 88.1 Å². The molecule has 4 aromatic heterocycles. The minimum atomic E-state index is -2.69. The van der Waals surface area contributed by atoms with Crippen LogP contribution in [-0.4, -0.2) is 76.5 Å². The Kier molecular flexibility index (Phi) is 9.78. The number of carbonyl (C=O) groups excluding carboxylic acids is 1. The number of imidazole rings is 1. The maximum absolute atomic E-state index is 15.5. The number of nitrogens with zero attached hydrogens (tertiary/aromatic N) is 7. The van der Waals surface area contributed by atoms with Gasteiger partial charge in [-0.25, -0.2) is 18.7 Å². The first-order valence-corrected chi connectivity index (χ1v) is 24.7. The second-order valence-corrected chi connectivity index (χ2v) is 22.5. The molecule has 7 aromatic rings. The monoisotopic (exact) mass is 901 g/mol. The van der Waals surface area contributed by atoms with E-state index in [9.17, 15) is 14.2 Å². The maximum atomic E-state index is 15.5. The number of anilines is 1. The third-order valence-electron chi connectivity index (χ3n) is 14.0. The van der Waals surface area contributed by atoms with E-state index in [4.69, 9.17) is 20.1 Å². The summed E-state index contributed by atoms with van der Waals surface area (Å²) in [5.74, 6) is -0.189. The van der Waals surface area contributed by atoms with Crippen molar-refractivity contribution in [1.29, 1.82) is 0 Å². The Morgan fingerprint density at radius 1 is 0.969 bits per heavy atom. The van der Waals surface area contributed by atoms with Crippen molar-refractivity contribution < 1.29 is 23.0 Å². The van der Waals surface area contributed by atoms with Gasteiger partial charge in [0, 0.05) is 59.4 Å². The number of carbonyl (C=O) groups is 1. The SMILES string of the molecule is Cc1cc(-n2nc3c(c2-n2ccn(-c4ccc(P(C)(C)=O)c(N)c4)c2=O)[C@H](C)N(C(=O)c2cc4cc(C5CCOC(C)(C)C5)ccc4n2[C@@]2(c4noc(=O)[nH]4)C[C@@H]2C)CC3)cc(C)c1F. The Bertz CT molecular complexity index is 3250. The largest absolute Gasteiger partial charge is 0.438 e. The number of ether oxygens (including phenoxy) is 1. The predicted octanol–water partition coefficient (Wildman–Crippen LogP) is 7.25. The number of benzene rings is 3. The van der Waals surface area contributed by atoms with E-state index in [0.717, 1.165) is 23.7 Å². The number of nitrogens with one attached hydrogen (secondary N) is 1. The van der Waals surface area contributed by atoms with E-state index in [1.165, 1.54) is 14.7 Å². The first kappa shape index (κ1) is 42.7. The van der Waals surface area contributed by atoms with Gasteiger partial charge in [0.05, 0.1) is 28.7 Å². The smallest absolute Gasteiger partial charge is 0.398 e. The average molecular weight is 902 g/mol. The van der Waals surface area contributed by atoms with Gasteiger partial charge < -0.3 is 24.5 Å². The molecule has 17 heteroatoms. The zero-order valence-electron chi connectivity index (χ0n) is 37.8. The van der Waals surface area contributed by atoms with Crippen LogP contribution in [0.4, 0.5) is 10.1 Å². The molecule has 3 aromatic carbocycles. The number of hydrogen-bond acceptors (Lipinski definition) is 9. The first-order chi connectivity index (χ1) is 30.8. The third kappa shape index (κ3) is 6.86. The van der Waals surface area contributed by atoms with Crippen LogP contribution in [0.2, 0.25) is 0 Å². The van der Waals surface area contributed by atoms with Gasteiger partial charge >= 0.3 is 11.4 Å². The van der Waals surface area contributed by atoms with Gasteiger partial charge in [-0.2, -0.15) is 5.10 Å². The number of aromatic amines is 1. The Hall–Kier alpha value is -6.25. The van der Waals surface area contributed by atoms with Crippen molar-refractivity contribution in [3.8, 4) is 17.2 Å². The molecule has 1 amide bonds. The number of halogens is 1. The molecule has 1 unspecified atom stereocenters. The van der Waals surface area contributed by atoms with Gasteiger partial charge in [0.2, 0.25) is 0 Å². The zero-order chi connectivity index (χ0) is 46.1. The van der Waals surface area contributed by atoms with E-state index < -0.39 is 30.2 Å². The number of aromatic nitrogens is 7. The number of H-pyrrole nitrogens is 1. The van der Waals surface area contributed by atoms with Crippen molar-refractivity contribution in [3.63, 3.8) is 0 Å². The lowest BCUT2D eigenvalue weighted by Crippen LogP contribution is -2.41. The van der Waals surface area contributed by atoms with Crippen molar-refractivity contribution in [2.24, 2.45) is 5.92 Å². The molecule has 0 spiro atoms. The maximum Gasteiger partial charge on any atom is 0.438 e. The lowest BCUT2D eigenvalue weighted by molar-refractivity contribution is -0.0592. The van der Waals surface area contributed by atoms with E-state index in [-0.39, 0.29) is 29.2 Å². The van der Waals surface area contributed by atoms with Gasteiger partial charge in [0.25, 0.3) is 5.91 Å². The van der Waals surface area contributed by atoms with Crippen LogP contribution in [0.3, 0.4) is 0 Å². The molecule has 2 fully saturated rings. The van der Waals surface area contributed by atoms with Crippen LogP contribution in [-0.2, 0) is 21.3 Å². The normalized spacial score (nSPS) is 21.8. The zero-order valence-corrected chi connectivity index (χ0v) is 38.7. The summed E-state index contributed by atoms with van der Waals surface area (Å²) in [4.78, 5) is 47.3. The molecule has 10 rings (SSSR count). The summed E-state index contributed by atoms with van der Waals surface area (Å²) < 4.78 is 45.8. The standard InChI is InChI=1S/C48H53FN9O6P/c1-26-19-34(20-27(2)41(26)49)58-42(56-17-16-55(46(56)61)33-10-12-39(35(50)23-33)65(7,8)62)40-29(4)54(15-13-36(40)52-58)43(59)38-22-32-21-30(31-14-18-63-47(5,6)25-31)9-11-37(32)57(38)48(24-28(48)3)44-51-45(60)64-53-44/h9-12,16-17,19-23,28-29,31H,13-15,18,24-25,50H2,1-8H3,(H,51,53,60)/t28-,29-,31?,48-/m0/s1. The van der Waals surface area contributed by atoms with Gasteiger partial charge in [0.1, 0.15) is 30.0 Å². The lowest BCUT2D eigenvalue weighted by atomic mass is 9.83. The molecule has 1 saturated carbocycles. The van der Waals surface area contributed by atoms with Gasteiger partial charge in [-0.1, -0.05) is 18.1 Å². The van der Waals surface area contributed by atoms with Gasteiger partial charge in [0.15, 0.2) is 5.82 Å². The molecule has 0 radical (unpaired) electrons. The van der Waals surface area contributed by atoms with E-state index >= 15 is 9.18 Å². The molecule has 338 valence electrons. The van der Waals surface area contributed by atoms with Crippen molar-refractivity contribution >= 4 is 34.9 Å². The van der Waals surface area contributed by atoms with Gasteiger partial charge in [-0.05, 0) is 144 Å². The van der Waals surface area contributed by atoms with Crippen molar-refractivity contribution in [3.05, 3.63) is 133 Å². The van der Waals surface area contributed by atoms with Crippen LogP contribution in [0.15, 0.2) is 81.1 Å². The number of nitrogens with two attached hydrogens (primary N) is 1. The Morgan fingerprint density at radius 2 is 1.69 bits per heavy atom. The highest BCUT2D eigenvalue weighted by molar-refractivity contribution is 7.70. The van der Waals surface area contributed by atoms with E-state index in [1.54, 1.807) is 74.6 Å². The first-order valence-electron chi connectivity index (χ1n) is 22.1.